The minimum atomic E-state index is -0.897. The first-order chi connectivity index (χ1) is 15.9. The molecule has 0 aliphatic carbocycles. The summed E-state index contributed by atoms with van der Waals surface area (Å²) in [4.78, 5) is 57.5. The number of anilines is 2. The Morgan fingerprint density at radius 1 is 0.788 bits per heavy atom. The van der Waals surface area contributed by atoms with Gasteiger partial charge in [-0.2, -0.15) is 0 Å². The van der Waals surface area contributed by atoms with Crippen molar-refractivity contribution in [2.75, 3.05) is 5.32 Å². The van der Waals surface area contributed by atoms with E-state index < -0.39 is 34.2 Å². The van der Waals surface area contributed by atoms with Gasteiger partial charge in [-0.05, 0) is 30.5 Å². The minimum Gasteiger partial charge on any atom is -0.327 e. The fraction of sp³-hybridized carbons (Fsp3) is 0.391. The van der Waals surface area contributed by atoms with Crippen molar-refractivity contribution in [2.45, 2.75) is 58.5 Å². The zero-order chi connectivity index (χ0) is 23.7. The Hall–Kier alpha value is -3.69. The predicted octanol–water partition coefficient (Wildman–Crippen LogP) is 2.36. The van der Waals surface area contributed by atoms with Gasteiger partial charge in [-0.3, -0.25) is 28.7 Å². The van der Waals surface area contributed by atoms with Crippen LogP contribution in [-0.2, 0) is 13.1 Å². The van der Waals surface area contributed by atoms with Gasteiger partial charge in [0, 0.05) is 13.1 Å². The third-order valence-electron chi connectivity index (χ3n) is 5.95. The highest BCUT2D eigenvalue weighted by Gasteiger charge is 2.35. The third kappa shape index (κ3) is 3.96. The fourth-order valence-corrected chi connectivity index (χ4v) is 4.20. The van der Waals surface area contributed by atoms with E-state index in [-0.39, 0.29) is 35.9 Å². The second kappa shape index (κ2) is 9.05. The van der Waals surface area contributed by atoms with Crippen molar-refractivity contribution in [2.24, 2.45) is 0 Å². The van der Waals surface area contributed by atoms with Gasteiger partial charge in [-0.15, -0.1) is 0 Å². The van der Waals surface area contributed by atoms with Crippen LogP contribution in [0.2, 0.25) is 0 Å². The van der Waals surface area contributed by atoms with Crippen LogP contribution in [0.25, 0.3) is 0 Å². The average Bonchev–Trinajstić information content (AvgIpc) is 2.78. The maximum atomic E-state index is 13.7. The SMILES string of the molecule is CCCCn1c(=O)[nH]c2c(c1=O)C(c1ccc(F)cc1)c1c([nH]c(=O)n(CCCC)c1=O)N2. The van der Waals surface area contributed by atoms with Crippen molar-refractivity contribution >= 4 is 11.6 Å². The Balaban J connectivity index is 2.03. The lowest BCUT2D eigenvalue weighted by molar-refractivity contribution is 0.566. The van der Waals surface area contributed by atoms with Crippen LogP contribution in [0.3, 0.4) is 0 Å². The zero-order valence-electron chi connectivity index (χ0n) is 18.5. The van der Waals surface area contributed by atoms with E-state index in [2.05, 4.69) is 15.3 Å². The number of unbranched alkanes of at least 4 members (excludes halogenated alkanes) is 2. The van der Waals surface area contributed by atoms with Crippen LogP contribution in [0.4, 0.5) is 16.0 Å². The number of nitrogens with one attached hydrogen (secondary N) is 3. The minimum absolute atomic E-state index is 0.112. The summed E-state index contributed by atoms with van der Waals surface area (Å²) in [7, 11) is 0. The zero-order valence-corrected chi connectivity index (χ0v) is 18.5. The van der Waals surface area contributed by atoms with Gasteiger partial charge in [0.05, 0.1) is 17.0 Å². The molecule has 0 amide bonds. The topological polar surface area (TPSA) is 122 Å². The molecule has 2 aromatic heterocycles. The molecule has 1 aliphatic rings. The van der Waals surface area contributed by atoms with Gasteiger partial charge in [-0.1, -0.05) is 38.8 Å². The highest BCUT2D eigenvalue weighted by atomic mass is 19.1. The average molecular weight is 455 g/mol. The second-order valence-corrected chi connectivity index (χ2v) is 8.17. The summed E-state index contributed by atoms with van der Waals surface area (Å²) < 4.78 is 15.9. The van der Waals surface area contributed by atoms with Crippen LogP contribution in [0.15, 0.2) is 43.4 Å². The van der Waals surface area contributed by atoms with Crippen molar-refractivity contribution in [3.63, 3.8) is 0 Å². The molecule has 0 unspecified atom stereocenters. The first-order valence-corrected chi connectivity index (χ1v) is 11.1. The third-order valence-corrected chi connectivity index (χ3v) is 5.95. The van der Waals surface area contributed by atoms with Gasteiger partial charge in [0.15, 0.2) is 0 Å². The molecule has 0 spiro atoms. The van der Waals surface area contributed by atoms with Crippen LogP contribution >= 0.6 is 0 Å². The summed E-state index contributed by atoms with van der Waals surface area (Å²) in [6, 6.07) is 5.50. The molecule has 10 heteroatoms. The highest BCUT2D eigenvalue weighted by Crippen LogP contribution is 2.39. The van der Waals surface area contributed by atoms with Crippen molar-refractivity contribution < 1.29 is 4.39 Å². The van der Waals surface area contributed by atoms with Crippen LogP contribution in [0.5, 0.6) is 0 Å². The maximum Gasteiger partial charge on any atom is 0.329 e. The monoisotopic (exact) mass is 455 g/mol. The normalized spacial score (nSPS) is 12.8. The van der Waals surface area contributed by atoms with E-state index in [0.29, 0.717) is 18.4 Å². The van der Waals surface area contributed by atoms with Crippen molar-refractivity contribution in [3.05, 3.63) is 88.4 Å². The van der Waals surface area contributed by atoms with E-state index in [1.54, 1.807) is 0 Å². The molecule has 0 saturated carbocycles. The highest BCUT2D eigenvalue weighted by molar-refractivity contribution is 5.69. The summed E-state index contributed by atoms with van der Waals surface area (Å²) in [6.07, 6.45) is 2.83. The molecule has 4 rings (SSSR count). The number of aromatic nitrogens is 4. The second-order valence-electron chi connectivity index (χ2n) is 8.17. The molecule has 3 aromatic rings. The van der Waals surface area contributed by atoms with Gasteiger partial charge in [0.2, 0.25) is 0 Å². The Labute approximate surface area is 187 Å². The molecular weight excluding hydrogens is 429 g/mol. The van der Waals surface area contributed by atoms with E-state index in [1.807, 2.05) is 13.8 Å². The molecule has 1 aromatic carbocycles. The first-order valence-electron chi connectivity index (χ1n) is 11.1. The van der Waals surface area contributed by atoms with Gasteiger partial charge < -0.3 is 5.32 Å². The van der Waals surface area contributed by atoms with Gasteiger partial charge in [-0.25, -0.2) is 14.0 Å². The number of fused-ring (bicyclic) bond motifs is 2. The number of H-pyrrole nitrogens is 2. The standard InChI is InChI=1S/C23H26FN5O4/c1-3-5-11-28-20(30)16-15(13-7-9-14(24)10-8-13)17-19(25-18(16)26-22(28)32)27-23(33)29(21(17)31)12-6-4-2/h7-10,15,25H,3-6,11-12H2,1-2H3,(H,26,32)(H,27,33). The Bertz CT molecular complexity index is 1330. The van der Waals surface area contributed by atoms with Gasteiger partial charge >= 0.3 is 11.4 Å². The molecule has 9 nitrogen and oxygen atoms in total. The Morgan fingerprint density at radius 2 is 1.24 bits per heavy atom. The lowest BCUT2D eigenvalue weighted by atomic mass is 9.84. The Kier molecular flexibility index (Phi) is 6.17. The molecule has 0 bridgehead atoms. The van der Waals surface area contributed by atoms with Crippen LogP contribution in [-0.4, -0.2) is 19.1 Å². The molecule has 1 aliphatic heterocycles. The lowest BCUT2D eigenvalue weighted by Crippen LogP contribution is -2.44. The van der Waals surface area contributed by atoms with Gasteiger partial charge in [0.25, 0.3) is 11.1 Å². The number of nitrogens with zero attached hydrogens (tertiary/aromatic N) is 2. The molecule has 3 N–H and O–H groups in total. The van der Waals surface area contributed by atoms with E-state index in [1.165, 1.54) is 24.3 Å². The summed E-state index contributed by atoms with van der Waals surface area (Å²) in [5.41, 5.74) is -1.37. The van der Waals surface area contributed by atoms with Crippen LogP contribution < -0.4 is 27.8 Å². The Morgan fingerprint density at radius 3 is 1.67 bits per heavy atom. The first kappa shape index (κ1) is 22.5. The van der Waals surface area contributed by atoms with Crippen LogP contribution in [0.1, 0.15) is 62.1 Å². The van der Waals surface area contributed by atoms with Gasteiger partial charge in [0.1, 0.15) is 17.5 Å². The van der Waals surface area contributed by atoms with Crippen LogP contribution in [0, 0.1) is 5.82 Å². The summed E-state index contributed by atoms with van der Waals surface area (Å²) in [5, 5.41) is 2.87. The number of hydrogen-bond acceptors (Lipinski definition) is 5. The molecule has 0 fully saturated rings. The lowest BCUT2D eigenvalue weighted by Gasteiger charge is -2.28. The predicted molar refractivity (Wildman–Crippen MR) is 123 cm³/mol. The van der Waals surface area contributed by atoms with Crippen molar-refractivity contribution in [3.8, 4) is 0 Å². The van der Waals surface area contributed by atoms with E-state index in [4.69, 9.17) is 0 Å². The van der Waals surface area contributed by atoms with Crippen molar-refractivity contribution in [1.82, 2.24) is 19.1 Å². The molecule has 33 heavy (non-hydrogen) atoms. The number of hydrogen-bond donors (Lipinski definition) is 3. The molecule has 0 atom stereocenters. The maximum absolute atomic E-state index is 13.7. The summed E-state index contributed by atoms with van der Waals surface area (Å²) in [6.45, 7) is 4.36. The molecular formula is C23H26FN5O4. The smallest absolute Gasteiger partial charge is 0.327 e. The number of benzene rings is 1. The molecule has 0 radical (unpaired) electrons. The quantitative estimate of drug-likeness (QED) is 0.395. The summed E-state index contributed by atoms with van der Waals surface area (Å²) >= 11 is 0. The summed E-state index contributed by atoms with van der Waals surface area (Å²) in [5.74, 6) is -1.13. The molecule has 0 saturated heterocycles. The van der Waals surface area contributed by atoms with E-state index in [0.717, 1.165) is 22.0 Å². The molecule has 174 valence electrons. The number of halogens is 1. The number of aromatic amines is 2. The van der Waals surface area contributed by atoms with Crippen molar-refractivity contribution in [1.29, 1.82) is 0 Å². The van der Waals surface area contributed by atoms with E-state index >= 15 is 0 Å². The largest absolute Gasteiger partial charge is 0.329 e. The molecule has 3 heterocycles. The number of rotatable bonds is 7. The fourth-order valence-electron chi connectivity index (χ4n) is 4.20. The van der Waals surface area contributed by atoms with E-state index in [9.17, 15) is 23.6 Å².